The van der Waals surface area contributed by atoms with Crippen molar-refractivity contribution in [2.24, 2.45) is 0 Å². The summed E-state index contributed by atoms with van der Waals surface area (Å²) in [7, 11) is 1.67. The Kier molecular flexibility index (Phi) is 4.44. The Labute approximate surface area is 113 Å². The summed E-state index contributed by atoms with van der Waals surface area (Å²) in [6.45, 7) is 3.45. The Hall–Kier alpha value is -1.97. The molecule has 1 amide bonds. The lowest BCUT2D eigenvalue weighted by Crippen LogP contribution is -2.26. The molecule has 0 radical (unpaired) electrons. The number of carbonyl (C=O) groups excluding carboxylic acids is 1. The van der Waals surface area contributed by atoms with Crippen molar-refractivity contribution in [2.75, 3.05) is 13.7 Å². The number of nitrogens with one attached hydrogen (secondary N) is 1. The molecule has 0 bridgehead atoms. The normalized spacial score (nSPS) is 10.6. The molecule has 4 heteroatoms. The summed E-state index contributed by atoms with van der Waals surface area (Å²) in [6, 6.07) is 8.07. The first-order valence-electron chi connectivity index (χ1n) is 6.64. The highest BCUT2D eigenvalue weighted by atomic mass is 16.5. The van der Waals surface area contributed by atoms with Crippen LogP contribution in [0.4, 0.5) is 0 Å². The number of fused-ring (bicyclic) bond motifs is 1. The number of methoxy groups -OCH3 is 1. The van der Waals surface area contributed by atoms with Gasteiger partial charge in [0.1, 0.15) is 5.75 Å². The van der Waals surface area contributed by atoms with Gasteiger partial charge >= 0.3 is 0 Å². The minimum atomic E-state index is 0.126. The summed E-state index contributed by atoms with van der Waals surface area (Å²) in [5.41, 5.74) is 1.16. The highest BCUT2D eigenvalue weighted by Crippen LogP contribution is 2.21. The maximum Gasteiger partial charge on any atom is 0.220 e. The summed E-state index contributed by atoms with van der Waals surface area (Å²) in [5, 5.41) is 4.08. The van der Waals surface area contributed by atoms with Gasteiger partial charge in [0, 0.05) is 36.6 Å². The van der Waals surface area contributed by atoms with Crippen LogP contribution in [0.1, 0.15) is 19.8 Å². The zero-order valence-electron chi connectivity index (χ0n) is 11.5. The van der Waals surface area contributed by atoms with Crippen LogP contribution in [0.2, 0.25) is 0 Å². The van der Waals surface area contributed by atoms with Gasteiger partial charge in [0.2, 0.25) is 5.91 Å². The molecule has 0 unspecified atom stereocenters. The zero-order chi connectivity index (χ0) is 13.7. The molecular formula is C15H20N2O2. The quantitative estimate of drug-likeness (QED) is 0.867. The van der Waals surface area contributed by atoms with Crippen molar-refractivity contribution in [1.82, 2.24) is 9.88 Å². The Morgan fingerprint density at radius 2 is 2.21 bits per heavy atom. The van der Waals surface area contributed by atoms with Crippen molar-refractivity contribution in [3.05, 3.63) is 30.5 Å². The molecule has 1 N–H and O–H groups in total. The van der Waals surface area contributed by atoms with Gasteiger partial charge in [-0.05, 0) is 30.7 Å². The number of carbonyl (C=O) groups is 1. The first kappa shape index (κ1) is 13.5. The fourth-order valence-corrected chi connectivity index (χ4v) is 2.13. The van der Waals surface area contributed by atoms with Gasteiger partial charge in [0.15, 0.2) is 0 Å². The fourth-order valence-electron chi connectivity index (χ4n) is 2.13. The van der Waals surface area contributed by atoms with Crippen LogP contribution in [0.25, 0.3) is 10.9 Å². The first-order chi connectivity index (χ1) is 9.24. The van der Waals surface area contributed by atoms with Crippen LogP contribution in [-0.2, 0) is 11.3 Å². The number of aromatic nitrogens is 1. The van der Waals surface area contributed by atoms with Crippen LogP contribution < -0.4 is 10.1 Å². The van der Waals surface area contributed by atoms with Crippen molar-refractivity contribution in [2.45, 2.75) is 26.3 Å². The number of benzene rings is 1. The molecule has 19 heavy (non-hydrogen) atoms. The van der Waals surface area contributed by atoms with Gasteiger partial charge in [-0.1, -0.05) is 6.92 Å². The van der Waals surface area contributed by atoms with Gasteiger partial charge < -0.3 is 14.6 Å². The number of hydrogen-bond acceptors (Lipinski definition) is 2. The van der Waals surface area contributed by atoms with E-state index in [2.05, 4.69) is 16.0 Å². The first-order valence-corrected chi connectivity index (χ1v) is 6.64. The van der Waals surface area contributed by atoms with Crippen LogP contribution in [0.3, 0.4) is 0 Å². The Balaban J connectivity index is 1.99. The van der Waals surface area contributed by atoms with E-state index in [9.17, 15) is 4.79 Å². The number of amides is 1. The molecule has 0 atom stereocenters. The lowest BCUT2D eigenvalue weighted by molar-refractivity contribution is -0.121. The largest absolute Gasteiger partial charge is 0.497 e. The van der Waals surface area contributed by atoms with E-state index in [1.807, 2.05) is 31.3 Å². The van der Waals surface area contributed by atoms with Crippen molar-refractivity contribution in [3.8, 4) is 5.75 Å². The number of hydrogen-bond donors (Lipinski definition) is 1. The third kappa shape index (κ3) is 3.28. The van der Waals surface area contributed by atoms with Gasteiger partial charge in [-0.2, -0.15) is 0 Å². The molecule has 0 aliphatic carbocycles. The summed E-state index contributed by atoms with van der Waals surface area (Å²) in [4.78, 5) is 11.4. The Bertz CT molecular complexity index is 560. The van der Waals surface area contributed by atoms with Gasteiger partial charge in [-0.3, -0.25) is 4.79 Å². The standard InChI is InChI=1S/C15H20N2O2/c1-3-4-15(18)16-8-10-17-9-7-12-11-13(19-2)5-6-14(12)17/h5-7,9,11H,3-4,8,10H2,1-2H3,(H,16,18). The fraction of sp³-hybridized carbons (Fsp3) is 0.400. The summed E-state index contributed by atoms with van der Waals surface area (Å²) in [6.07, 6.45) is 3.53. The third-order valence-electron chi connectivity index (χ3n) is 3.13. The Morgan fingerprint density at radius 1 is 1.37 bits per heavy atom. The summed E-state index contributed by atoms with van der Waals surface area (Å²) >= 11 is 0. The van der Waals surface area contributed by atoms with E-state index in [1.54, 1.807) is 7.11 Å². The lowest BCUT2D eigenvalue weighted by Gasteiger charge is -2.07. The Morgan fingerprint density at radius 3 is 2.95 bits per heavy atom. The van der Waals surface area contributed by atoms with Crippen LogP contribution in [-0.4, -0.2) is 24.1 Å². The van der Waals surface area contributed by atoms with Crippen LogP contribution in [0, 0.1) is 0 Å². The maximum atomic E-state index is 11.4. The monoisotopic (exact) mass is 260 g/mol. The number of ether oxygens (including phenoxy) is 1. The van der Waals surface area contributed by atoms with E-state index in [-0.39, 0.29) is 5.91 Å². The van der Waals surface area contributed by atoms with E-state index < -0.39 is 0 Å². The van der Waals surface area contributed by atoms with Gasteiger partial charge in [-0.15, -0.1) is 0 Å². The molecule has 2 rings (SSSR count). The van der Waals surface area contributed by atoms with E-state index in [0.29, 0.717) is 13.0 Å². The average molecular weight is 260 g/mol. The van der Waals surface area contributed by atoms with Gasteiger partial charge in [-0.25, -0.2) is 0 Å². The molecule has 4 nitrogen and oxygen atoms in total. The van der Waals surface area contributed by atoms with Gasteiger partial charge in [0.05, 0.1) is 7.11 Å². The highest BCUT2D eigenvalue weighted by molar-refractivity contribution is 5.81. The van der Waals surface area contributed by atoms with E-state index in [0.717, 1.165) is 29.6 Å². The molecule has 0 saturated carbocycles. The molecule has 0 fully saturated rings. The molecule has 1 aromatic heterocycles. The molecular weight excluding hydrogens is 240 g/mol. The second-order valence-electron chi connectivity index (χ2n) is 4.53. The summed E-state index contributed by atoms with van der Waals surface area (Å²) in [5.74, 6) is 0.988. The molecule has 0 spiro atoms. The van der Waals surface area contributed by atoms with Crippen molar-refractivity contribution in [1.29, 1.82) is 0 Å². The molecule has 1 aromatic carbocycles. The van der Waals surface area contributed by atoms with Crippen LogP contribution in [0.5, 0.6) is 5.75 Å². The van der Waals surface area contributed by atoms with Gasteiger partial charge in [0.25, 0.3) is 0 Å². The number of rotatable bonds is 6. The molecule has 0 aliphatic heterocycles. The lowest BCUT2D eigenvalue weighted by atomic mass is 10.2. The maximum absolute atomic E-state index is 11.4. The third-order valence-corrected chi connectivity index (χ3v) is 3.13. The average Bonchev–Trinajstić information content (AvgIpc) is 2.81. The van der Waals surface area contributed by atoms with Crippen molar-refractivity contribution >= 4 is 16.8 Å². The molecule has 0 saturated heterocycles. The minimum absolute atomic E-state index is 0.126. The minimum Gasteiger partial charge on any atom is -0.497 e. The molecule has 1 heterocycles. The van der Waals surface area contributed by atoms with E-state index in [1.165, 1.54) is 0 Å². The van der Waals surface area contributed by atoms with E-state index >= 15 is 0 Å². The second kappa shape index (κ2) is 6.27. The van der Waals surface area contributed by atoms with Crippen LogP contribution >= 0.6 is 0 Å². The molecule has 2 aromatic rings. The number of nitrogens with zero attached hydrogens (tertiary/aromatic N) is 1. The zero-order valence-corrected chi connectivity index (χ0v) is 11.5. The van der Waals surface area contributed by atoms with Crippen molar-refractivity contribution < 1.29 is 9.53 Å². The summed E-state index contributed by atoms with van der Waals surface area (Å²) < 4.78 is 7.34. The van der Waals surface area contributed by atoms with Crippen molar-refractivity contribution in [3.63, 3.8) is 0 Å². The smallest absolute Gasteiger partial charge is 0.220 e. The predicted octanol–water partition coefficient (Wildman–Crippen LogP) is 2.57. The molecule has 102 valence electrons. The van der Waals surface area contributed by atoms with E-state index in [4.69, 9.17) is 4.74 Å². The SMILES string of the molecule is CCCC(=O)NCCn1ccc2cc(OC)ccc21. The predicted molar refractivity (Wildman–Crippen MR) is 76.4 cm³/mol. The second-order valence-corrected chi connectivity index (χ2v) is 4.53. The highest BCUT2D eigenvalue weighted by Gasteiger charge is 2.03. The topological polar surface area (TPSA) is 43.3 Å². The van der Waals surface area contributed by atoms with Crippen LogP contribution in [0.15, 0.2) is 30.5 Å². The molecule has 0 aliphatic rings.